The van der Waals surface area contributed by atoms with Crippen LogP contribution in [-0.4, -0.2) is 68.7 Å². The molecule has 5 rings (SSSR count). The van der Waals surface area contributed by atoms with Gasteiger partial charge in [-0.3, -0.25) is 4.72 Å². The predicted molar refractivity (Wildman–Crippen MR) is 174 cm³/mol. The predicted octanol–water partition coefficient (Wildman–Crippen LogP) is 6.25. The summed E-state index contributed by atoms with van der Waals surface area (Å²) in [5, 5.41) is 0. The lowest BCUT2D eigenvalue weighted by molar-refractivity contribution is -0.137. The smallest absolute Gasteiger partial charge is 0.416 e. The van der Waals surface area contributed by atoms with Crippen LogP contribution in [0.25, 0.3) is 0 Å². The highest BCUT2D eigenvalue weighted by Gasteiger charge is 2.36. The molecular weight excluding hydrogens is 647 g/mol. The second-order valence-corrected chi connectivity index (χ2v) is 13.5. The summed E-state index contributed by atoms with van der Waals surface area (Å²) in [5.74, 6) is 1.35. The zero-order valence-corrected chi connectivity index (χ0v) is 28.1. The Morgan fingerprint density at radius 1 is 1.00 bits per heavy atom. The minimum Gasteiger partial charge on any atom is -0.497 e. The molecule has 0 spiro atoms. The van der Waals surface area contributed by atoms with E-state index in [1.165, 1.54) is 37.8 Å². The van der Waals surface area contributed by atoms with E-state index in [0.717, 1.165) is 6.07 Å². The first-order valence-corrected chi connectivity index (χ1v) is 16.8. The summed E-state index contributed by atoms with van der Waals surface area (Å²) < 4.78 is 87.9. The fourth-order valence-electron chi connectivity index (χ4n) is 6.22. The molecule has 1 fully saturated rings. The van der Waals surface area contributed by atoms with Gasteiger partial charge in [0.05, 0.1) is 25.5 Å². The second kappa shape index (κ2) is 14.4. The molecule has 1 aliphatic carbocycles. The van der Waals surface area contributed by atoms with E-state index in [1.54, 1.807) is 44.4 Å². The fourth-order valence-corrected chi connectivity index (χ4v) is 7.63. The van der Waals surface area contributed by atoms with E-state index in [-0.39, 0.29) is 46.8 Å². The molecule has 1 aliphatic rings. The van der Waals surface area contributed by atoms with E-state index in [9.17, 15) is 21.6 Å². The number of halogens is 3. The van der Waals surface area contributed by atoms with Crippen molar-refractivity contribution < 1.29 is 35.8 Å². The van der Waals surface area contributed by atoms with E-state index in [2.05, 4.69) is 19.7 Å². The van der Waals surface area contributed by atoms with Crippen molar-refractivity contribution in [3.05, 3.63) is 95.1 Å². The first-order chi connectivity index (χ1) is 22.8. The maximum absolute atomic E-state index is 13.8. The molecule has 14 heteroatoms. The van der Waals surface area contributed by atoms with Crippen molar-refractivity contribution in [1.82, 2.24) is 19.9 Å². The van der Waals surface area contributed by atoms with Gasteiger partial charge in [-0.25, -0.2) is 23.4 Å². The minimum atomic E-state index is -4.42. The molecule has 0 radical (unpaired) electrons. The summed E-state index contributed by atoms with van der Waals surface area (Å²) in [6, 6.07) is 13.7. The second-order valence-electron chi connectivity index (χ2n) is 11.9. The van der Waals surface area contributed by atoms with E-state index >= 15 is 0 Å². The van der Waals surface area contributed by atoms with Gasteiger partial charge in [0.25, 0.3) is 10.0 Å². The Labute approximate surface area is 278 Å². The summed E-state index contributed by atoms with van der Waals surface area (Å²) in [7, 11) is 2.72. The van der Waals surface area contributed by atoms with Crippen LogP contribution >= 0.6 is 0 Å². The quantitative estimate of drug-likeness (QED) is 0.196. The highest BCUT2D eigenvalue weighted by atomic mass is 32.2. The van der Waals surface area contributed by atoms with Gasteiger partial charge in [0.1, 0.15) is 34.6 Å². The lowest BCUT2D eigenvalue weighted by Gasteiger charge is -2.39. The minimum absolute atomic E-state index is 0.0243. The maximum atomic E-state index is 13.8. The maximum Gasteiger partial charge on any atom is 0.416 e. The Morgan fingerprint density at radius 2 is 1.79 bits per heavy atom. The first-order valence-electron chi connectivity index (χ1n) is 15.3. The van der Waals surface area contributed by atoms with Crippen LogP contribution < -0.4 is 18.9 Å². The highest BCUT2D eigenvalue weighted by Crippen LogP contribution is 2.39. The third-order valence-electron chi connectivity index (χ3n) is 8.54. The van der Waals surface area contributed by atoms with Crippen LogP contribution in [0.5, 0.6) is 17.4 Å². The van der Waals surface area contributed by atoms with E-state index in [0.29, 0.717) is 47.5 Å². The lowest BCUT2D eigenvalue weighted by atomic mass is 9.79. The summed E-state index contributed by atoms with van der Waals surface area (Å²) in [6.07, 6.45) is -0.195. The molecule has 1 saturated carbocycles. The normalized spacial score (nSPS) is 18.4. The van der Waals surface area contributed by atoms with Gasteiger partial charge < -0.3 is 19.1 Å². The SMILES string of the molecule is COc1ccc(Cc2cc(O[C@H]3CC[C@H](c4cccc(C(F)(F)F)c4)C[C@@H]3N(C)C)nc(C)c2S(=O)(=O)Nc2ccncn2)c(OC)c1. The Hall–Kier alpha value is -4.43. The number of alkyl halides is 3. The number of hydrogen-bond acceptors (Lipinski definition) is 9. The molecule has 3 atom stereocenters. The molecule has 256 valence electrons. The van der Waals surface area contributed by atoms with Crippen molar-refractivity contribution in [2.24, 2.45) is 0 Å². The Balaban J connectivity index is 1.48. The van der Waals surface area contributed by atoms with Crippen LogP contribution in [0.15, 0.2) is 72.0 Å². The van der Waals surface area contributed by atoms with Crippen LogP contribution in [-0.2, 0) is 22.6 Å². The van der Waals surface area contributed by atoms with Crippen molar-refractivity contribution in [2.45, 2.75) is 61.7 Å². The molecule has 10 nitrogen and oxygen atoms in total. The van der Waals surface area contributed by atoms with Gasteiger partial charge >= 0.3 is 6.18 Å². The van der Waals surface area contributed by atoms with E-state index in [1.807, 2.05) is 19.0 Å². The van der Waals surface area contributed by atoms with Crippen molar-refractivity contribution in [3.8, 4) is 17.4 Å². The van der Waals surface area contributed by atoms with Crippen LogP contribution in [0, 0.1) is 6.92 Å². The number of pyridine rings is 1. The molecular formula is C34H38F3N5O5S. The van der Waals surface area contributed by atoms with E-state index < -0.39 is 21.8 Å². The number of sulfonamides is 1. The number of anilines is 1. The van der Waals surface area contributed by atoms with Crippen molar-refractivity contribution in [2.75, 3.05) is 33.0 Å². The Morgan fingerprint density at radius 3 is 2.46 bits per heavy atom. The van der Waals surface area contributed by atoms with Gasteiger partial charge in [-0.1, -0.05) is 24.3 Å². The number of nitrogens with zero attached hydrogens (tertiary/aromatic N) is 4. The topological polar surface area (TPSA) is 116 Å². The molecule has 2 aromatic heterocycles. The standard InChI is InChI=1S/C34H38F3N5O5S/c1-21-33(48(43,44)41-31-13-14-38-20-39-31)25(15-24-9-11-27(45-4)19-30(24)46-5)18-32(40-21)47-29-12-10-23(17-28(29)42(2)3)22-7-6-8-26(16-22)34(35,36)37/h6-9,11,13-14,16,18-20,23,28-29H,10,12,15,17H2,1-5H3,(H,38,39,41)/t23-,28-,29-/m0/s1. The van der Waals surface area contributed by atoms with Crippen molar-refractivity contribution in [3.63, 3.8) is 0 Å². The Bertz CT molecular complexity index is 1840. The summed E-state index contributed by atoms with van der Waals surface area (Å²) in [5.41, 5.74) is 1.33. The summed E-state index contributed by atoms with van der Waals surface area (Å²) in [6.45, 7) is 1.60. The largest absolute Gasteiger partial charge is 0.497 e. The third kappa shape index (κ3) is 7.98. The fraction of sp³-hybridized carbons (Fsp3) is 0.382. The molecule has 0 amide bonds. The number of methoxy groups -OCH3 is 2. The van der Waals surface area contributed by atoms with Gasteiger partial charge in [0.2, 0.25) is 5.88 Å². The number of aromatic nitrogens is 3. The molecule has 48 heavy (non-hydrogen) atoms. The van der Waals surface area contributed by atoms with Crippen LogP contribution in [0.1, 0.15) is 53.1 Å². The molecule has 1 N–H and O–H groups in total. The molecule has 4 aromatic rings. The molecule has 0 saturated heterocycles. The van der Waals surface area contributed by atoms with Gasteiger partial charge in [-0.2, -0.15) is 13.2 Å². The number of nitrogens with one attached hydrogen (secondary N) is 1. The molecule has 0 unspecified atom stereocenters. The highest BCUT2D eigenvalue weighted by molar-refractivity contribution is 7.92. The lowest BCUT2D eigenvalue weighted by Crippen LogP contribution is -2.46. The summed E-state index contributed by atoms with van der Waals surface area (Å²) >= 11 is 0. The van der Waals surface area contributed by atoms with Crippen LogP contribution in [0.3, 0.4) is 0 Å². The van der Waals surface area contributed by atoms with Gasteiger partial charge in [0.15, 0.2) is 0 Å². The average Bonchev–Trinajstić information content (AvgIpc) is 3.04. The monoisotopic (exact) mass is 685 g/mol. The summed E-state index contributed by atoms with van der Waals surface area (Å²) in [4.78, 5) is 14.4. The van der Waals surface area contributed by atoms with Crippen molar-refractivity contribution >= 4 is 15.8 Å². The zero-order chi connectivity index (χ0) is 34.6. The number of aryl methyl sites for hydroxylation is 1. The third-order valence-corrected chi connectivity index (χ3v) is 10.1. The Kier molecular flexibility index (Phi) is 10.4. The molecule has 2 aromatic carbocycles. The van der Waals surface area contributed by atoms with Gasteiger partial charge in [0, 0.05) is 30.8 Å². The van der Waals surface area contributed by atoms with E-state index in [4.69, 9.17) is 14.2 Å². The zero-order valence-electron chi connectivity index (χ0n) is 27.3. The number of ether oxygens (including phenoxy) is 3. The number of hydrogen-bond donors (Lipinski definition) is 1. The van der Waals surface area contributed by atoms with Gasteiger partial charge in [-0.05, 0) is 81.1 Å². The molecule has 0 aliphatic heterocycles. The first kappa shape index (κ1) is 34.9. The average molecular weight is 686 g/mol. The van der Waals surface area contributed by atoms with Crippen LogP contribution in [0.2, 0.25) is 0 Å². The molecule has 2 heterocycles. The van der Waals surface area contributed by atoms with Gasteiger partial charge in [-0.15, -0.1) is 0 Å². The number of benzene rings is 2. The number of likely N-dealkylation sites (N-methyl/N-ethyl adjacent to an activating group) is 1. The number of rotatable bonds is 11. The van der Waals surface area contributed by atoms with Crippen LogP contribution in [0.4, 0.5) is 19.0 Å². The van der Waals surface area contributed by atoms with Crippen molar-refractivity contribution in [1.29, 1.82) is 0 Å². The molecule has 0 bridgehead atoms.